The molecule has 7 heteroatoms. The number of benzene rings is 2. The lowest BCUT2D eigenvalue weighted by atomic mass is 10.2. The predicted octanol–water partition coefficient (Wildman–Crippen LogP) is 2.53. The molecule has 2 aromatic rings. The van der Waals surface area contributed by atoms with Crippen LogP contribution in [0.25, 0.3) is 0 Å². The van der Waals surface area contributed by atoms with Gasteiger partial charge in [0.25, 0.3) is 5.91 Å². The van der Waals surface area contributed by atoms with Gasteiger partial charge in [-0.2, -0.15) is 0 Å². The van der Waals surface area contributed by atoms with E-state index in [1.807, 2.05) is 24.3 Å². The molecule has 1 aliphatic rings. The molecular formula is C21H24N2O5. The molecule has 1 fully saturated rings. The summed E-state index contributed by atoms with van der Waals surface area (Å²) in [6.45, 7) is 1.02. The van der Waals surface area contributed by atoms with Crippen molar-refractivity contribution in [2.45, 2.75) is 19.4 Å². The first-order valence-electron chi connectivity index (χ1n) is 9.11. The van der Waals surface area contributed by atoms with Gasteiger partial charge in [-0.05, 0) is 48.4 Å². The number of amides is 2. The number of hydrogen-bond donors (Lipinski definition) is 1. The Morgan fingerprint density at radius 3 is 2.46 bits per heavy atom. The molecule has 0 atom stereocenters. The molecule has 148 valence electrons. The molecule has 1 aliphatic heterocycles. The Hall–Kier alpha value is -3.22. The summed E-state index contributed by atoms with van der Waals surface area (Å²) in [6, 6.07) is 12.7. The summed E-state index contributed by atoms with van der Waals surface area (Å²) >= 11 is 0. The van der Waals surface area contributed by atoms with Crippen molar-refractivity contribution in [2.75, 3.05) is 32.3 Å². The fourth-order valence-electron chi connectivity index (χ4n) is 3.03. The highest BCUT2D eigenvalue weighted by molar-refractivity contribution is 5.95. The third-order valence-corrected chi connectivity index (χ3v) is 4.53. The van der Waals surface area contributed by atoms with Gasteiger partial charge < -0.3 is 24.4 Å². The Balaban J connectivity index is 1.47. The number of anilines is 1. The third-order valence-electron chi connectivity index (χ3n) is 4.53. The fraction of sp³-hybridized carbons (Fsp3) is 0.333. The van der Waals surface area contributed by atoms with Crippen LogP contribution in [-0.4, -0.2) is 39.2 Å². The van der Waals surface area contributed by atoms with Gasteiger partial charge in [0.05, 0.1) is 14.2 Å². The van der Waals surface area contributed by atoms with Gasteiger partial charge in [0, 0.05) is 25.2 Å². The minimum atomic E-state index is -0.228. The smallest absolute Gasteiger partial charge is 0.258 e. The average molecular weight is 384 g/mol. The normalized spacial score (nSPS) is 13.4. The van der Waals surface area contributed by atoms with Crippen LogP contribution in [0.2, 0.25) is 0 Å². The molecule has 0 aliphatic carbocycles. The van der Waals surface area contributed by atoms with Crippen LogP contribution in [0.1, 0.15) is 18.4 Å². The zero-order valence-electron chi connectivity index (χ0n) is 16.1. The number of nitrogens with one attached hydrogen (secondary N) is 1. The van der Waals surface area contributed by atoms with Gasteiger partial charge in [-0.15, -0.1) is 0 Å². The maximum Gasteiger partial charge on any atom is 0.258 e. The minimum absolute atomic E-state index is 0.0880. The Bertz CT molecular complexity index is 835. The Labute approximate surface area is 164 Å². The van der Waals surface area contributed by atoms with Crippen LogP contribution < -0.4 is 24.4 Å². The number of hydrogen-bond acceptors (Lipinski definition) is 5. The molecule has 0 unspecified atom stereocenters. The second-order valence-corrected chi connectivity index (χ2v) is 6.40. The van der Waals surface area contributed by atoms with Crippen molar-refractivity contribution in [1.82, 2.24) is 5.32 Å². The lowest BCUT2D eigenvalue weighted by Gasteiger charge is -2.16. The Morgan fingerprint density at radius 1 is 1.07 bits per heavy atom. The largest absolute Gasteiger partial charge is 0.493 e. The van der Waals surface area contributed by atoms with E-state index < -0.39 is 0 Å². The number of carbonyl (C=O) groups is 2. The van der Waals surface area contributed by atoms with Crippen LogP contribution in [0.4, 0.5) is 5.69 Å². The molecule has 0 spiro atoms. The van der Waals surface area contributed by atoms with Crippen molar-refractivity contribution in [3.8, 4) is 17.2 Å². The SMILES string of the molecule is COc1ccc(CNC(=O)COc2ccc(N3CCCC3=O)cc2)cc1OC. The van der Waals surface area contributed by atoms with Crippen LogP contribution in [0.3, 0.4) is 0 Å². The lowest BCUT2D eigenvalue weighted by Crippen LogP contribution is -2.28. The molecule has 3 rings (SSSR count). The van der Waals surface area contributed by atoms with Crippen LogP contribution in [-0.2, 0) is 16.1 Å². The number of methoxy groups -OCH3 is 2. The van der Waals surface area contributed by atoms with Crippen molar-refractivity contribution in [2.24, 2.45) is 0 Å². The zero-order valence-corrected chi connectivity index (χ0v) is 16.1. The average Bonchev–Trinajstić information content (AvgIpc) is 3.16. The zero-order chi connectivity index (χ0) is 19.9. The molecule has 0 bridgehead atoms. The third kappa shape index (κ3) is 4.73. The van der Waals surface area contributed by atoms with Crippen molar-refractivity contribution >= 4 is 17.5 Å². The maximum absolute atomic E-state index is 12.0. The molecule has 2 amide bonds. The monoisotopic (exact) mass is 384 g/mol. The van der Waals surface area contributed by atoms with Gasteiger partial charge in [0.2, 0.25) is 5.91 Å². The summed E-state index contributed by atoms with van der Waals surface area (Å²) < 4.78 is 16.0. The van der Waals surface area contributed by atoms with Crippen molar-refractivity contribution in [1.29, 1.82) is 0 Å². The summed E-state index contributed by atoms with van der Waals surface area (Å²) in [5.41, 5.74) is 1.75. The van der Waals surface area contributed by atoms with Gasteiger partial charge in [0.15, 0.2) is 18.1 Å². The van der Waals surface area contributed by atoms with E-state index >= 15 is 0 Å². The first kappa shape index (κ1) is 19.5. The van der Waals surface area contributed by atoms with Crippen LogP contribution in [0, 0.1) is 0 Å². The molecular weight excluding hydrogens is 360 g/mol. The molecule has 1 heterocycles. The van der Waals surface area contributed by atoms with E-state index in [0.29, 0.717) is 30.2 Å². The predicted molar refractivity (Wildman–Crippen MR) is 105 cm³/mol. The van der Waals surface area contributed by atoms with Gasteiger partial charge in [-0.3, -0.25) is 9.59 Å². The van der Waals surface area contributed by atoms with E-state index in [1.54, 1.807) is 37.3 Å². The van der Waals surface area contributed by atoms with Gasteiger partial charge in [-0.1, -0.05) is 6.07 Å². The first-order valence-corrected chi connectivity index (χ1v) is 9.11. The van der Waals surface area contributed by atoms with E-state index in [0.717, 1.165) is 24.2 Å². The first-order chi connectivity index (χ1) is 13.6. The second kappa shape index (κ2) is 9.12. The number of nitrogens with zero attached hydrogens (tertiary/aromatic N) is 1. The standard InChI is InChI=1S/C21H24N2O5/c1-26-18-10-5-15(12-19(18)27-2)13-22-20(24)14-28-17-8-6-16(7-9-17)23-11-3-4-21(23)25/h5-10,12H,3-4,11,13-14H2,1-2H3,(H,22,24). The molecule has 1 N–H and O–H groups in total. The topological polar surface area (TPSA) is 77.1 Å². The molecule has 2 aromatic carbocycles. The van der Waals surface area contributed by atoms with Crippen molar-refractivity contribution in [3.63, 3.8) is 0 Å². The minimum Gasteiger partial charge on any atom is -0.493 e. The van der Waals surface area contributed by atoms with E-state index in [1.165, 1.54) is 0 Å². The highest BCUT2D eigenvalue weighted by atomic mass is 16.5. The Kier molecular flexibility index (Phi) is 6.37. The molecule has 28 heavy (non-hydrogen) atoms. The molecule has 0 aromatic heterocycles. The summed E-state index contributed by atoms with van der Waals surface area (Å²) in [4.78, 5) is 25.6. The van der Waals surface area contributed by atoms with E-state index in [4.69, 9.17) is 14.2 Å². The van der Waals surface area contributed by atoms with Crippen molar-refractivity contribution < 1.29 is 23.8 Å². The second-order valence-electron chi connectivity index (χ2n) is 6.40. The lowest BCUT2D eigenvalue weighted by molar-refractivity contribution is -0.123. The summed E-state index contributed by atoms with van der Waals surface area (Å²) in [5.74, 6) is 1.75. The highest BCUT2D eigenvalue weighted by Gasteiger charge is 2.21. The Morgan fingerprint density at radius 2 is 1.82 bits per heavy atom. The van der Waals surface area contributed by atoms with E-state index in [-0.39, 0.29) is 18.4 Å². The maximum atomic E-state index is 12.0. The highest BCUT2D eigenvalue weighted by Crippen LogP contribution is 2.27. The van der Waals surface area contributed by atoms with Gasteiger partial charge in [-0.25, -0.2) is 0 Å². The fourth-order valence-corrected chi connectivity index (χ4v) is 3.03. The summed E-state index contributed by atoms with van der Waals surface area (Å²) in [7, 11) is 3.14. The van der Waals surface area contributed by atoms with E-state index in [2.05, 4.69) is 5.32 Å². The van der Waals surface area contributed by atoms with Crippen LogP contribution >= 0.6 is 0 Å². The number of ether oxygens (including phenoxy) is 3. The number of carbonyl (C=O) groups excluding carboxylic acids is 2. The molecule has 7 nitrogen and oxygen atoms in total. The molecule has 0 saturated carbocycles. The molecule has 1 saturated heterocycles. The van der Waals surface area contributed by atoms with E-state index in [9.17, 15) is 9.59 Å². The summed E-state index contributed by atoms with van der Waals surface area (Å²) in [6.07, 6.45) is 1.48. The molecule has 0 radical (unpaired) electrons. The van der Waals surface area contributed by atoms with Crippen molar-refractivity contribution in [3.05, 3.63) is 48.0 Å². The van der Waals surface area contributed by atoms with Gasteiger partial charge in [0.1, 0.15) is 5.75 Å². The van der Waals surface area contributed by atoms with Gasteiger partial charge >= 0.3 is 0 Å². The van der Waals surface area contributed by atoms with Crippen LogP contribution in [0.15, 0.2) is 42.5 Å². The number of rotatable bonds is 8. The quantitative estimate of drug-likeness (QED) is 0.757. The summed E-state index contributed by atoms with van der Waals surface area (Å²) in [5, 5.41) is 2.81. The van der Waals surface area contributed by atoms with Crippen LogP contribution in [0.5, 0.6) is 17.2 Å².